The van der Waals surface area contributed by atoms with Crippen LogP contribution in [0.2, 0.25) is 0 Å². The van der Waals surface area contributed by atoms with Gasteiger partial charge in [0.15, 0.2) is 6.10 Å². The first-order valence-corrected chi connectivity index (χ1v) is 19.9. The monoisotopic (exact) mass is 653 g/mol. The minimum atomic E-state index is -0.756. The molecule has 0 aromatic heterocycles. The molecule has 0 heterocycles. The van der Waals surface area contributed by atoms with Crippen LogP contribution in [0.15, 0.2) is 0 Å². The third-order valence-electron chi connectivity index (χ3n) is 9.15. The van der Waals surface area contributed by atoms with Crippen molar-refractivity contribution in [3.05, 3.63) is 0 Å². The smallest absolute Gasteiger partial charge is 0.306 e. The van der Waals surface area contributed by atoms with E-state index < -0.39 is 6.10 Å². The highest BCUT2D eigenvalue weighted by atomic mass is 16.6. The Morgan fingerprint density at radius 2 is 0.761 bits per heavy atom. The molecule has 0 radical (unpaired) electrons. The van der Waals surface area contributed by atoms with Crippen molar-refractivity contribution in [1.29, 1.82) is 0 Å². The Labute approximate surface area is 285 Å². The fourth-order valence-corrected chi connectivity index (χ4v) is 5.71. The number of carbonyl (C=O) groups excluding carboxylic acids is 3. The van der Waals surface area contributed by atoms with Crippen LogP contribution >= 0.6 is 0 Å². The third kappa shape index (κ3) is 32.4. The van der Waals surface area contributed by atoms with Crippen LogP contribution in [0.25, 0.3) is 0 Å². The number of hydrogen-bond donors (Lipinski definition) is 0. The molecule has 0 saturated carbocycles. The summed E-state index contributed by atoms with van der Waals surface area (Å²) in [6, 6.07) is 0. The first kappa shape index (κ1) is 44.4. The summed E-state index contributed by atoms with van der Waals surface area (Å²) in [6.07, 6.45) is 31.1. The highest BCUT2D eigenvalue weighted by Gasteiger charge is 2.19. The quantitative estimate of drug-likeness (QED) is 0.0385. The van der Waals surface area contributed by atoms with Crippen molar-refractivity contribution in [2.24, 2.45) is 5.92 Å². The second-order valence-electron chi connectivity index (χ2n) is 13.8. The van der Waals surface area contributed by atoms with Crippen molar-refractivity contribution < 1.29 is 28.6 Å². The van der Waals surface area contributed by atoms with Gasteiger partial charge in [-0.15, -0.1) is 0 Å². The first-order chi connectivity index (χ1) is 22.4. The highest BCUT2D eigenvalue weighted by molar-refractivity contribution is 5.71. The number of esters is 3. The van der Waals surface area contributed by atoms with E-state index in [-0.39, 0.29) is 31.1 Å². The van der Waals surface area contributed by atoms with Crippen LogP contribution < -0.4 is 0 Å². The molecule has 272 valence electrons. The lowest BCUT2D eigenvalue weighted by Gasteiger charge is -2.18. The first-order valence-electron chi connectivity index (χ1n) is 19.9. The molecule has 0 saturated heterocycles. The molecule has 0 aromatic carbocycles. The molecule has 0 amide bonds. The van der Waals surface area contributed by atoms with Crippen LogP contribution in [0.1, 0.15) is 214 Å². The van der Waals surface area contributed by atoms with E-state index in [2.05, 4.69) is 27.7 Å². The van der Waals surface area contributed by atoms with E-state index in [1.807, 2.05) is 0 Å². The Balaban J connectivity index is 4.25. The Morgan fingerprint density at radius 3 is 1.13 bits per heavy atom. The molecule has 0 bridgehead atoms. The van der Waals surface area contributed by atoms with Crippen molar-refractivity contribution in [3.8, 4) is 0 Å². The summed E-state index contributed by atoms with van der Waals surface area (Å²) < 4.78 is 16.5. The molecule has 1 unspecified atom stereocenters. The molecule has 0 aliphatic heterocycles. The lowest BCUT2D eigenvalue weighted by molar-refractivity contribution is -0.167. The number of hydrogen-bond acceptors (Lipinski definition) is 6. The molecule has 0 aliphatic rings. The van der Waals surface area contributed by atoms with Gasteiger partial charge in [-0.3, -0.25) is 14.4 Å². The van der Waals surface area contributed by atoms with Gasteiger partial charge in [0, 0.05) is 19.3 Å². The number of ether oxygens (including phenoxy) is 3. The number of unbranched alkanes of at least 4 members (excludes halogenated alkanes) is 21. The molecule has 0 spiro atoms. The predicted octanol–water partition coefficient (Wildman–Crippen LogP) is 12.0. The molecule has 0 fully saturated rings. The van der Waals surface area contributed by atoms with E-state index in [1.165, 1.54) is 103 Å². The Hall–Kier alpha value is -1.59. The number of rotatable bonds is 35. The van der Waals surface area contributed by atoms with Gasteiger partial charge < -0.3 is 14.2 Å². The van der Waals surface area contributed by atoms with Gasteiger partial charge in [0.05, 0.1) is 0 Å². The summed E-state index contributed by atoms with van der Waals surface area (Å²) in [7, 11) is 0. The Kier molecular flexibility index (Phi) is 33.5. The van der Waals surface area contributed by atoms with Gasteiger partial charge in [-0.25, -0.2) is 0 Å². The molecule has 46 heavy (non-hydrogen) atoms. The zero-order valence-corrected chi connectivity index (χ0v) is 31.0. The van der Waals surface area contributed by atoms with Gasteiger partial charge in [-0.1, -0.05) is 175 Å². The van der Waals surface area contributed by atoms with Gasteiger partial charge in [-0.2, -0.15) is 0 Å². The minimum absolute atomic E-state index is 0.0661. The van der Waals surface area contributed by atoms with Crippen molar-refractivity contribution in [1.82, 2.24) is 0 Å². The van der Waals surface area contributed by atoms with Crippen LogP contribution in [0.5, 0.6) is 0 Å². The average molecular weight is 653 g/mol. The van der Waals surface area contributed by atoms with E-state index in [4.69, 9.17) is 14.2 Å². The Morgan fingerprint density at radius 1 is 0.435 bits per heavy atom. The standard InChI is InChI=1S/C40H76O6/c1-5-8-10-12-13-16-20-24-28-32-39(42)45-35-37(34-44-38(41)31-27-22-11-9-6-2)46-40(43)33-29-25-21-18-15-14-17-19-23-26-30-36(4)7-3/h36-37H,5-35H2,1-4H3/t36?,37-/m0/s1. The van der Waals surface area contributed by atoms with Gasteiger partial charge in [0.2, 0.25) is 0 Å². The van der Waals surface area contributed by atoms with Crippen LogP contribution in [0, 0.1) is 5.92 Å². The van der Waals surface area contributed by atoms with Gasteiger partial charge in [-0.05, 0) is 25.2 Å². The predicted molar refractivity (Wildman–Crippen MR) is 192 cm³/mol. The minimum Gasteiger partial charge on any atom is -0.462 e. The molecule has 2 atom stereocenters. The summed E-state index contributed by atoms with van der Waals surface area (Å²) in [5.74, 6) is -0.0117. The Bertz CT molecular complexity index is 693. The molecule has 0 N–H and O–H groups in total. The molecule has 6 heteroatoms. The average Bonchev–Trinajstić information content (AvgIpc) is 3.05. The lowest BCUT2D eigenvalue weighted by Crippen LogP contribution is -2.30. The maximum Gasteiger partial charge on any atom is 0.306 e. The SMILES string of the molecule is CCCCCCCCCCCC(=O)OC[C@H](COC(=O)CCCCCCC)OC(=O)CCCCCCCCCCCCC(C)CC. The zero-order valence-electron chi connectivity index (χ0n) is 31.0. The number of carbonyl (C=O) groups is 3. The topological polar surface area (TPSA) is 78.9 Å². The van der Waals surface area contributed by atoms with Crippen LogP contribution in [0.3, 0.4) is 0 Å². The van der Waals surface area contributed by atoms with E-state index in [0.717, 1.165) is 70.1 Å². The second-order valence-corrected chi connectivity index (χ2v) is 13.8. The summed E-state index contributed by atoms with van der Waals surface area (Å²) in [5.41, 5.74) is 0. The van der Waals surface area contributed by atoms with Gasteiger partial charge >= 0.3 is 17.9 Å². The third-order valence-corrected chi connectivity index (χ3v) is 9.15. The zero-order chi connectivity index (χ0) is 33.9. The van der Waals surface area contributed by atoms with Crippen LogP contribution in [-0.2, 0) is 28.6 Å². The molecule has 0 rings (SSSR count). The van der Waals surface area contributed by atoms with Crippen molar-refractivity contribution in [2.45, 2.75) is 220 Å². The van der Waals surface area contributed by atoms with E-state index in [1.54, 1.807) is 0 Å². The van der Waals surface area contributed by atoms with Crippen LogP contribution in [0.4, 0.5) is 0 Å². The second kappa shape index (κ2) is 34.7. The molecule has 0 aliphatic carbocycles. The van der Waals surface area contributed by atoms with Crippen molar-refractivity contribution >= 4 is 17.9 Å². The summed E-state index contributed by atoms with van der Waals surface area (Å²) in [6.45, 7) is 8.89. The van der Waals surface area contributed by atoms with E-state index >= 15 is 0 Å². The molecule has 0 aromatic rings. The maximum absolute atomic E-state index is 12.6. The maximum atomic E-state index is 12.6. The largest absolute Gasteiger partial charge is 0.462 e. The highest BCUT2D eigenvalue weighted by Crippen LogP contribution is 2.16. The lowest BCUT2D eigenvalue weighted by atomic mass is 9.99. The van der Waals surface area contributed by atoms with Crippen molar-refractivity contribution in [3.63, 3.8) is 0 Å². The summed E-state index contributed by atoms with van der Waals surface area (Å²) in [4.78, 5) is 37.2. The summed E-state index contributed by atoms with van der Waals surface area (Å²) in [5, 5.41) is 0. The fourth-order valence-electron chi connectivity index (χ4n) is 5.71. The van der Waals surface area contributed by atoms with E-state index in [0.29, 0.717) is 19.3 Å². The molecule has 6 nitrogen and oxygen atoms in total. The summed E-state index contributed by atoms with van der Waals surface area (Å²) >= 11 is 0. The fraction of sp³-hybridized carbons (Fsp3) is 0.925. The van der Waals surface area contributed by atoms with Gasteiger partial charge in [0.1, 0.15) is 13.2 Å². The normalized spacial score (nSPS) is 12.5. The molecular weight excluding hydrogens is 576 g/mol. The van der Waals surface area contributed by atoms with Crippen molar-refractivity contribution in [2.75, 3.05) is 13.2 Å². The van der Waals surface area contributed by atoms with Crippen LogP contribution in [-0.4, -0.2) is 37.2 Å². The van der Waals surface area contributed by atoms with E-state index in [9.17, 15) is 14.4 Å². The molecular formula is C40H76O6. The van der Waals surface area contributed by atoms with Gasteiger partial charge in [0.25, 0.3) is 0 Å².